The molecule has 6 heteroatoms. The number of hydrogen-bond donors (Lipinski definition) is 1. The molecular weight excluding hydrogens is 400 g/mol. The van der Waals surface area contributed by atoms with Crippen LogP contribution < -0.4 is 10.1 Å². The van der Waals surface area contributed by atoms with E-state index in [0.717, 1.165) is 22.3 Å². The molecule has 1 N–H and O–H groups in total. The fourth-order valence-electron chi connectivity index (χ4n) is 3.37. The smallest absolute Gasteiger partial charge is 0.261 e. The Hall–Kier alpha value is -2.53. The molecular formula is C24H31ClN2O3. The summed E-state index contributed by atoms with van der Waals surface area (Å²) in [6.45, 7) is 10.4. The number of nitrogens with zero attached hydrogens (tertiary/aromatic N) is 1. The van der Waals surface area contributed by atoms with Crippen LogP contribution in [0.15, 0.2) is 36.4 Å². The third kappa shape index (κ3) is 6.23. The van der Waals surface area contributed by atoms with Gasteiger partial charge in [0.1, 0.15) is 11.8 Å². The highest BCUT2D eigenvalue weighted by molar-refractivity contribution is 6.30. The van der Waals surface area contributed by atoms with Crippen molar-refractivity contribution >= 4 is 23.4 Å². The van der Waals surface area contributed by atoms with Crippen molar-refractivity contribution in [2.75, 3.05) is 13.2 Å². The summed E-state index contributed by atoms with van der Waals surface area (Å²) >= 11 is 5.99. The Bertz CT molecular complexity index is 881. The fraction of sp³-hybridized carbons (Fsp3) is 0.417. The van der Waals surface area contributed by atoms with Crippen LogP contribution in [-0.4, -0.2) is 35.9 Å². The van der Waals surface area contributed by atoms with Gasteiger partial charge in [0, 0.05) is 18.1 Å². The summed E-state index contributed by atoms with van der Waals surface area (Å²) in [6, 6.07) is 10.7. The largest absolute Gasteiger partial charge is 0.483 e. The van der Waals surface area contributed by atoms with Crippen LogP contribution in [0.1, 0.15) is 42.5 Å². The fourth-order valence-corrected chi connectivity index (χ4v) is 3.50. The van der Waals surface area contributed by atoms with Gasteiger partial charge in [-0.15, -0.1) is 0 Å². The first kappa shape index (κ1) is 23.7. The van der Waals surface area contributed by atoms with Crippen LogP contribution in [0, 0.1) is 20.8 Å². The minimum absolute atomic E-state index is 0.132. The minimum atomic E-state index is -0.572. The maximum absolute atomic E-state index is 13.2. The van der Waals surface area contributed by atoms with E-state index in [2.05, 4.69) is 11.4 Å². The van der Waals surface area contributed by atoms with Crippen LogP contribution in [-0.2, 0) is 16.1 Å². The average molecular weight is 431 g/mol. The highest BCUT2D eigenvalue weighted by Crippen LogP contribution is 2.23. The predicted octanol–water partition coefficient (Wildman–Crippen LogP) is 4.59. The Labute approximate surface area is 184 Å². The summed E-state index contributed by atoms with van der Waals surface area (Å²) in [7, 11) is 0. The van der Waals surface area contributed by atoms with E-state index in [1.54, 1.807) is 17.0 Å². The zero-order valence-corrected chi connectivity index (χ0v) is 19.2. The summed E-state index contributed by atoms with van der Waals surface area (Å²) in [5.41, 5.74) is 4.10. The Morgan fingerprint density at radius 2 is 1.77 bits per heavy atom. The summed E-state index contributed by atoms with van der Waals surface area (Å²) in [5.74, 6) is 0.296. The second-order valence-electron chi connectivity index (χ2n) is 7.46. The van der Waals surface area contributed by atoms with Crippen LogP contribution in [0.5, 0.6) is 5.75 Å². The number of rotatable bonds is 9. The number of nitrogens with one attached hydrogen (secondary N) is 1. The van der Waals surface area contributed by atoms with E-state index >= 15 is 0 Å². The molecule has 0 aliphatic carbocycles. The van der Waals surface area contributed by atoms with Gasteiger partial charge in [-0.2, -0.15) is 0 Å². The summed E-state index contributed by atoms with van der Waals surface area (Å²) in [4.78, 5) is 27.4. The van der Waals surface area contributed by atoms with Crippen molar-refractivity contribution < 1.29 is 14.3 Å². The highest BCUT2D eigenvalue weighted by Gasteiger charge is 2.28. The maximum atomic E-state index is 13.2. The molecule has 1 atom stereocenters. The first-order chi connectivity index (χ1) is 14.3. The number of aryl methyl sites for hydroxylation is 2. The lowest BCUT2D eigenvalue weighted by molar-refractivity contribution is -0.142. The lowest BCUT2D eigenvalue weighted by atomic mass is 10.1. The third-order valence-corrected chi connectivity index (χ3v) is 5.37. The van der Waals surface area contributed by atoms with Crippen molar-refractivity contribution in [2.24, 2.45) is 0 Å². The molecule has 0 saturated heterocycles. The molecule has 0 aliphatic heterocycles. The van der Waals surface area contributed by atoms with Crippen molar-refractivity contribution in [3.05, 3.63) is 63.7 Å². The van der Waals surface area contributed by atoms with Gasteiger partial charge < -0.3 is 15.0 Å². The molecule has 0 bridgehead atoms. The molecule has 0 aliphatic rings. The van der Waals surface area contributed by atoms with Gasteiger partial charge in [0.05, 0.1) is 0 Å². The van der Waals surface area contributed by atoms with Gasteiger partial charge in [-0.25, -0.2) is 0 Å². The highest BCUT2D eigenvalue weighted by atomic mass is 35.5. The SMILES string of the molecule is CCNC(=O)[C@H](CC)N(Cc1ccc(Cl)cc1)C(=O)COc1cc(C)cc(C)c1C. The van der Waals surface area contributed by atoms with Crippen molar-refractivity contribution in [2.45, 2.75) is 53.6 Å². The number of carbonyl (C=O) groups excluding carboxylic acids is 2. The molecule has 0 unspecified atom stereocenters. The topological polar surface area (TPSA) is 58.6 Å². The van der Waals surface area contributed by atoms with Gasteiger partial charge in [-0.3, -0.25) is 9.59 Å². The maximum Gasteiger partial charge on any atom is 0.261 e. The molecule has 0 spiro atoms. The lowest BCUT2D eigenvalue weighted by Crippen LogP contribution is -2.50. The molecule has 5 nitrogen and oxygen atoms in total. The summed E-state index contributed by atoms with van der Waals surface area (Å²) < 4.78 is 5.89. The first-order valence-electron chi connectivity index (χ1n) is 10.3. The second-order valence-corrected chi connectivity index (χ2v) is 7.90. The van der Waals surface area contributed by atoms with E-state index in [0.29, 0.717) is 30.3 Å². The standard InChI is InChI=1S/C24H31ClN2O3/c1-6-21(24(29)26-7-2)27(14-19-8-10-20(25)11-9-19)23(28)15-30-22-13-16(3)12-17(4)18(22)5/h8-13,21H,6-7,14-15H2,1-5H3,(H,26,29)/t21-/m0/s1. The molecule has 0 saturated carbocycles. The van der Waals surface area contributed by atoms with Gasteiger partial charge >= 0.3 is 0 Å². The minimum Gasteiger partial charge on any atom is -0.483 e. The number of benzene rings is 2. The normalized spacial score (nSPS) is 11.7. The molecule has 2 amide bonds. The van der Waals surface area contributed by atoms with Crippen LogP contribution >= 0.6 is 11.6 Å². The van der Waals surface area contributed by atoms with Gasteiger partial charge in [-0.05, 0) is 74.6 Å². The zero-order valence-electron chi connectivity index (χ0n) is 18.4. The van der Waals surface area contributed by atoms with Gasteiger partial charge in [-0.1, -0.05) is 36.7 Å². The number of carbonyl (C=O) groups is 2. The molecule has 0 radical (unpaired) electrons. The quantitative estimate of drug-likeness (QED) is 0.633. The van der Waals surface area contributed by atoms with Crippen molar-refractivity contribution in [1.29, 1.82) is 0 Å². The molecule has 162 valence electrons. The van der Waals surface area contributed by atoms with E-state index in [-0.39, 0.29) is 18.4 Å². The monoisotopic (exact) mass is 430 g/mol. The Morgan fingerprint density at radius 3 is 2.37 bits per heavy atom. The molecule has 2 rings (SSSR count). The van der Waals surface area contributed by atoms with Crippen LogP contribution in [0.4, 0.5) is 0 Å². The van der Waals surface area contributed by atoms with E-state index in [1.165, 1.54) is 0 Å². The van der Waals surface area contributed by atoms with E-state index in [4.69, 9.17) is 16.3 Å². The lowest BCUT2D eigenvalue weighted by Gasteiger charge is -2.30. The molecule has 30 heavy (non-hydrogen) atoms. The molecule has 2 aromatic carbocycles. The first-order valence-corrected chi connectivity index (χ1v) is 10.7. The second kappa shape index (κ2) is 11.0. The Kier molecular flexibility index (Phi) is 8.72. The zero-order chi connectivity index (χ0) is 22.3. The van der Waals surface area contributed by atoms with E-state index in [1.807, 2.05) is 52.8 Å². The summed E-state index contributed by atoms with van der Waals surface area (Å²) in [6.07, 6.45) is 0.508. The van der Waals surface area contributed by atoms with Crippen molar-refractivity contribution in [3.8, 4) is 5.75 Å². The average Bonchev–Trinajstić information content (AvgIpc) is 2.70. The molecule has 0 fully saturated rings. The molecule has 0 aromatic heterocycles. The van der Waals surface area contributed by atoms with Gasteiger partial charge in [0.15, 0.2) is 6.61 Å². The Balaban J connectivity index is 2.24. The number of likely N-dealkylation sites (N-methyl/N-ethyl adjacent to an activating group) is 1. The van der Waals surface area contributed by atoms with Gasteiger partial charge in [0.2, 0.25) is 5.91 Å². The van der Waals surface area contributed by atoms with Crippen molar-refractivity contribution in [3.63, 3.8) is 0 Å². The van der Waals surface area contributed by atoms with Crippen LogP contribution in [0.2, 0.25) is 5.02 Å². The number of ether oxygens (including phenoxy) is 1. The Morgan fingerprint density at radius 1 is 1.10 bits per heavy atom. The number of halogens is 1. The predicted molar refractivity (Wildman–Crippen MR) is 121 cm³/mol. The number of amides is 2. The van der Waals surface area contributed by atoms with Crippen LogP contribution in [0.25, 0.3) is 0 Å². The van der Waals surface area contributed by atoms with E-state index in [9.17, 15) is 9.59 Å². The summed E-state index contributed by atoms with van der Waals surface area (Å²) in [5, 5.41) is 3.46. The van der Waals surface area contributed by atoms with Crippen LogP contribution in [0.3, 0.4) is 0 Å². The van der Waals surface area contributed by atoms with E-state index < -0.39 is 6.04 Å². The van der Waals surface area contributed by atoms with Crippen molar-refractivity contribution in [1.82, 2.24) is 10.2 Å². The van der Waals surface area contributed by atoms with Gasteiger partial charge in [0.25, 0.3) is 5.91 Å². The molecule has 2 aromatic rings. The molecule has 0 heterocycles. The third-order valence-electron chi connectivity index (χ3n) is 5.12. The number of hydrogen-bond acceptors (Lipinski definition) is 3.